The van der Waals surface area contributed by atoms with Gasteiger partial charge in [-0.15, -0.1) is 0 Å². The lowest BCUT2D eigenvalue weighted by Crippen LogP contribution is -2.39. The zero-order valence-corrected chi connectivity index (χ0v) is 14.7. The molecule has 0 spiro atoms. The third-order valence-corrected chi connectivity index (χ3v) is 6.05. The van der Waals surface area contributed by atoms with E-state index in [2.05, 4.69) is 19.8 Å². The minimum absolute atomic E-state index is 0.161. The molecule has 3 heterocycles. The molecule has 7 nitrogen and oxygen atoms in total. The molecule has 1 fully saturated rings. The highest BCUT2D eigenvalue weighted by atomic mass is 32.2. The molecule has 3 rings (SSSR count). The number of hydrogen-bond donors (Lipinski definition) is 1. The van der Waals surface area contributed by atoms with Crippen LogP contribution >= 0.6 is 0 Å². The first-order chi connectivity index (χ1) is 11.5. The van der Waals surface area contributed by atoms with Gasteiger partial charge in [-0.3, -0.25) is 0 Å². The van der Waals surface area contributed by atoms with Crippen LogP contribution in [-0.2, 0) is 10.0 Å². The van der Waals surface area contributed by atoms with Crippen molar-refractivity contribution >= 4 is 15.8 Å². The molecule has 8 heteroatoms. The van der Waals surface area contributed by atoms with E-state index in [4.69, 9.17) is 4.52 Å². The first-order valence-corrected chi connectivity index (χ1v) is 9.54. The van der Waals surface area contributed by atoms with E-state index in [0.717, 1.165) is 31.7 Å². The van der Waals surface area contributed by atoms with Crippen LogP contribution in [-0.4, -0.2) is 38.2 Å². The van der Waals surface area contributed by atoms with Gasteiger partial charge in [-0.05, 0) is 44.7 Å². The summed E-state index contributed by atoms with van der Waals surface area (Å²) < 4.78 is 32.5. The van der Waals surface area contributed by atoms with Crippen molar-refractivity contribution in [2.75, 3.05) is 24.5 Å². The Balaban J connectivity index is 1.55. The molecule has 2 aromatic rings. The highest BCUT2D eigenvalue weighted by Crippen LogP contribution is 2.23. The number of pyridine rings is 1. The summed E-state index contributed by atoms with van der Waals surface area (Å²) in [5.74, 6) is 1.62. The largest absolute Gasteiger partial charge is 0.360 e. The summed E-state index contributed by atoms with van der Waals surface area (Å²) in [6, 6.07) is 5.88. The molecule has 1 aliphatic rings. The van der Waals surface area contributed by atoms with Crippen LogP contribution in [0.3, 0.4) is 0 Å². The normalized spacial score (nSPS) is 16.5. The standard InChI is InChI=1S/C16H22N4O3S/c1-12-16(13(2)23-19-12)24(21,22)18-11-14-6-9-20(10-7-14)15-5-3-4-8-17-15/h3-5,8,14,18H,6-7,9-11H2,1-2H3. The van der Waals surface area contributed by atoms with E-state index in [1.807, 2.05) is 18.2 Å². The zero-order chi connectivity index (χ0) is 17.2. The van der Waals surface area contributed by atoms with Crippen LogP contribution in [0.5, 0.6) is 0 Å². The Morgan fingerprint density at radius 3 is 2.62 bits per heavy atom. The number of aromatic nitrogens is 2. The first-order valence-electron chi connectivity index (χ1n) is 8.06. The van der Waals surface area contributed by atoms with Gasteiger partial charge < -0.3 is 9.42 Å². The fourth-order valence-electron chi connectivity index (χ4n) is 3.06. The average molecular weight is 350 g/mol. The van der Waals surface area contributed by atoms with Gasteiger partial charge >= 0.3 is 0 Å². The van der Waals surface area contributed by atoms with Crippen molar-refractivity contribution in [1.82, 2.24) is 14.9 Å². The molecule has 24 heavy (non-hydrogen) atoms. The molecule has 130 valence electrons. The summed E-state index contributed by atoms with van der Waals surface area (Å²) >= 11 is 0. The van der Waals surface area contributed by atoms with Crippen LogP contribution in [0.15, 0.2) is 33.8 Å². The fourth-order valence-corrected chi connectivity index (χ4v) is 4.51. The minimum Gasteiger partial charge on any atom is -0.360 e. The van der Waals surface area contributed by atoms with E-state index in [1.165, 1.54) is 0 Å². The summed E-state index contributed by atoms with van der Waals surface area (Å²) in [5, 5.41) is 3.71. The molecule has 0 aliphatic carbocycles. The van der Waals surface area contributed by atoms with Crippen molar-refractivity contribution in [1.29, 1.82) is 0 Å². The molecule has 2 aromatic heterocycles. The van der Waals surface area contributed by atoms with Crippen LogP contribution in [0, 0.1) is 19.8 Å². The van der Waals surface area contributed by atoms with Crippen LogP contribution in [0.1, 0.15) is 24.3 Å². The summed E-state index contributed by atoms with van der Waals surface area (Å²) in [6.45, 7) is 5.45. The predicted octanol–water partition coefficient (Wildman–Crippen LogP) is 1.88. The van der Waals surface area contributed by atoms with Gasteiger partial charge in [0.1, 0.15) is 16.4 Å². The Hall–Kier alpha value is -1.93. The lowest BCUT2D eigenvalue weighted by molar-refractivity contribution is 0.389. The van der Waals surface area contributed by atoms with Gasteiger partial charge in [0.05, 0.1) is 0 Å². The number of piperidine rings is 1. The second-order valence-corrected chi connectivity index (χ2v) is 7.83. The highest BCUT2D eigenvalue weighted by Gasteiger charge is 2.26. The number of nitrogens with one attached hydrogen (secondary N) is 1. The van der Waals surface area contributed by atoms with Gasteiger partial charge in [-0.1, -0.05) is 11.2 Å². The molecule has 0 radical (unpaired) electrons. The average Bonchev–Trinajstić information content (AvgIpc) is 2.94. The van der Waals surface area contributed by atoms with Crippen LogP contribution in [0.2, 0.25) is 0 Å². The number of aryl methyl sites for hydroxylation is 2. The molecule has 0 unspecified atom stereocenters. The van der Waals surface area contributed by atoms with Crippen molar-refractivity contribution < 1.29 is 12.9 Å². The van der Waals surface area contributed by atoms with E-state index in [0.29, 0.717) is 23.9 Å². The number of hydrogen-bond acceptors (Lipinski definition) is 6. The smallest absolute Gasteiger partial charge is 0.245 e. The summed E-state index contributed by atoms with van der Waals surface area (Å²) in [4.78, 5) is 6.76. The maximum absolute atomic E-state index is 12.4. The van der Waals surface area contributed by atoms with Crippen molar-refractivity contribution in [3.63, 3.8) is 0 Å². The number of anilines is 1. The molecule has 0 atom stereocenters. The van der Waals surface area contributed by atoms with E-state index >= 15 is 0 Å². The Morgan fingerprint density at radius 2 is 2.04 bits per heavy atom. The van der Waals surface area contributed by atoms with Crippen LogP contribution in [0.4, 0.5) is 5.82 Å². The SMILES string of the molecule is Cc1noc(C)c1S(=O)(=O)NCC1CCN(c2ccccn2)CC1. The van der Waals surface area contributed by atoms with Gasteiger partial charge in [-0.25, -0.2) is 18.1 Å². The predicted molar refractivity (Wildman–Crippen MR) is 90.3 cm³/mol. The lowest BCUT2D eigenvalue weighted by Gasteiger charge is -2.32. The number of sulfonamides is 1. The van der Waals surface area contributed by atoms with E-state index in [1.54, 1.807) is 20.0 Å². The third kappa shape index (κ3) is 3.59. The maximum Gasteiger partial charge on any atom is 0.245 e. The Labute approximate surface area is 142 Å². The number of rotatable bonds is 5. The van der Waals surface area contributed by atoms with Crippen molar-refractivity contribution in [2.45, 2.75) is 31.6 Å². The van der Waals surface area contributed by atoms with E-state index in [9.17, 15) is 8.42 Å². The molecule has 0 saturated carbocycles. The highest BCUT2D eigenvalue weighted by molar-refractivity contribution is 7.89. The van der Waals surface area contributed by atoms with Crippen molar-refractivity contribution in [2.24, 2.45) is 5.92 Å². The fraction of sp³-hybridized carbons (Fsp3) is 0.500. The molecule has 1 N–H and O–H groups in total. The quantitative estimate of drug-likeness (QED) is 0.886. The first kappa shape index (κ1) is 16.9. The van der Waals surface area contributed by atoms with Crippen molar-refractivity contribution in [3.8, 4) is 0 Å². The van der Waals surface area contributed by atoms with Crippen LogP contribution < -0.4 is 9.62 Å². The Kier molecular flexibility index (Phi) is 4.86. The van der Waals surface area contributed by atoms with Crippen LogP contribution in [0.25, 0.3) is 0 Å². The minimum atomic E-state index is -3.58. The van der Waals surface area contributed by atoms with E-state index < -0.39 is 10.0 Å². The molecule has 1 aliphatic heterocycles. The molecular formula is C16H22N4O3S. The Bertz CT molecular complexity index is 761. The molecule has 0 amide bonds. The van der Waals surface area contributed by atoms with Gasteiger partial charge in [0, 0.05) is 25.8 Å². The molecular weight excluding hydrogens is 328 g/mol. The third-order valence-electron chi connectivity index (χ3n) is 4.39. The van der Waals surface area contributed by atoms with Gasteiger partial charge in [0.25, 0.3) is 0 Å². The van der Waals surface area contributed by atoms with Gasteiger partial charge in [0.15, 0.2) is 5.76 Å². The molecule has 1 saturated heterocycles. The summed E-state index contributed by atoms with van der Waals surface area (Å²) in [7, 11) is -3.58. The van der Waals surface area contributed by atoms with Crippen molar-refractivity contribution in [3.05, 3.63) is 35.9 Å². The second kappa shape index (κ2) is 6.90. The Morgan fingerprint density at radius 1 is 1.29 bits per heavy atom. The maximum atomic E-state index is 12.4. The lowest BCUT2D eigenvalue weighted by atomic mass is 9.97. The number of nitrogens with zero attached hydrogens (tertiary/aromatic N) is 3. The summed E-state index contributed by atoms with van der Waals surface area (Å²) in [6.07, 6.45) is 3.65. The topological polar surface area (TPSA) is 88.3 Å². The molecule has 0 aromatic carbocycles. The van der Waals surface area contributed by atoms with Gasteiger partial charge in [-0.2, -0.15) is 0 Å². The summed E-state index contributed by atoms with van der Waals surface area (Å²) in [5.41, 5.74) is 0.393. The monoisotopic (exact) mass is 350 g/mol. The molecule has 0 bridgehead atoms. The zero-order valence-electron chi connectivity index (χ0n) is 13.9. The second-order valence-electron chi connectivity index (χ2n) is 6.12. The van der Waals surface area contributed by atoms with Gasteiger partial charge in [0.2, 0.25) is 10.0 Å². The van der Waals surface area contributed by atoms with E-state index in [-0.39, 0.29) is 4.90 Å².